The van der Waals surface area contributed by atoms with Crippen LogP contribution < -0.4 is 10.2 Å². The number of ether oxygens (including phenoxy) is 1. The van der Waals surface area contributed by atoms with Crippen molar-refractivity contribution in [3.8, 4) is 5.75 Å². The van der Waals surface area contributed by atoms with E-state index in [1.54, 1.807) is 19.2 Å². The normalized spacial score (nSPS) is 16.3. The Morgan fingerprint density at radius 1 is 1.24 bits per heavy atom. The third-order valence-electron chi connectivity index (χ3n) is 4.52. The molecule has 21 heavy (non-hydrogen) atoms. The van der Waals surface area contributed by atoms with E-state index in [2.05, 4.69) is 4.98 Å². The van der Waals surface area contributed by atoms with Gasteiger partial charge in [-0.15, -0.1) is 0 Å². The van der Waals surface area contributed by atoms with E-state index >= 15 is 0 Å². The molecule has 0 amide bonds. The van der Waals surface area contributed by atoms with Crippen molar-refractivity contribution >= 4 is 22.5 Å². The molecule has 3 rings (SSSR count). The summed E-state index contributed by atoms with van der Waals surface area (Å²) in [7, 11) is 1.58. The van der Waals surface area contributed by atoms with Gasteiger partial charge in [-0.3, -0.25) is 4.79 Å². The number of fused-ring (bicyclic) bond motifs is 1. The maximum atomic E-state index is 12.9. The molecule has 1 aliphatic carbocycles. The molecule has 0 saturated heterocycles. The third kappa shape index (κ3) is 2.55. The fourth-order valence-electron chi connectivity index (χ4n) is 3.47. The van der Waals surface area contributed by atoms with Gasteiger partial charge in [0, 0.05) is 22.7 Å². The molecular weight excluding hydrogens is 286 g/mol. The molecule has 0 atom stereocenters. The summed E-state index contributed by atoms with van der Waals surface area (Å²) in [4.78, 5) is 16.2. The summed E-state index contributed by atoms with van der Waals surface area (Å²) in [5.74, 6) is 0.970. The minimum Gasteiger partial charge on any atom is -0.495 e. The minimum absolute atomic E-state index is 0.123. The highest BCUT2D eigenvalue weighted by atomic mass is 35.5. The molecule has 1 aliphatic rings. The van der Waals surface area contributed by atoms with Crippen molar-refractivity contribution < 1.29 is 4.74 Å². The van der Waals surface area contributed by atoms with E-state index in [-0.39, 0.29) is 5.43 Å². The van der Waals surface area contributed by atoms with Crippen molar-refractivity contribution in [2.45, 2.75) is 44.9 Å². The van der Waals surface area contributed by atoms with Gasteiger partial charge in [-0.05, 0) is 31.7 Å². The largest absolute Gasteiger partial charge is 0.495 e. The van der Waals surface area contributed by atoms with Crippen LogP contribution in [0.2, 0.25) is 5.02 Å². The monoisotopic (exact) mass is 305 g/mol. The van der Waals surface area contributed by atoms with Crippen LogP contribution >= 0.6 is 11.6 Å². The molecule has 1 heterocycles. The van der Waals surface area contributed by atoms with Crippen molar-refractivity contribution in [2.24, 2.45) is 0 Å². The zero-order valence-electron chi connectivity index (χ0n) is 12.5. The summed E-state index contributed by atoms with van der Waals surface area (Å²) in [6, 6.07) is 3.52. The first-order chi connectivity index (χ1) is 10.1. The van der Waals surface area contributed by atoms with Crippen LogP contribution in [0.25, 0.3) is 10.9 Å². The first kappa shape index (κ1) is 14.5. The van der Waals surface area contributed by atoms with Gasteiger partial charge < -0.3 is 9.72 Å². The summed E-state index contributed by atoms with van der Waals surface area (Å²) in [6.07, 6.45) is 5.93. The maximum Gasteiger partial charge on any atom is 0.193 e. The second-order valence-corrected chi connectivity index (χ2v) is 6.27. The van der Waals surface area contributed by atoms with Crippen LogP contribution in [0, 0.1) is 6.92 Å². The molecule has 112 valence electrons. The van der Waals surface area contributed by atoms with Crippen molar-refractivity contribution in [2.75, 3.05) is 7.11 Å². The second-order valence-electron chi connectivity index (χ2n) is 5.86. The Labute approximate surface area is 129 Å². The van der Waals surface area contributed by atoms with Gasteiger partial charge in [-0.25, -0.2) is 0 Å². The standard InChI is InChI=1S/C17H20ClNO2/c1-10-16(11-6-4-3-5-7-11)17(20)12-8-13(18)15(21-2)9-14(12)19-10/h8-9,11H,3-7H2,1-2H3,(H,19,20). The van der Waals surface area contributed by atoms with Crippen LogP contribution in [0.15, 0.2) is 16.9 Å². The number of hydrogen-bond donors (Lipinski definition) is 1. The topological polar surface area (TPSA) is 42.1 Å². The average Bonchev–Trinajstić information content (AvgIpc) is 2.49. The quantitative estimate of drug-likeness (QED) is 0.884. The van der Waals surface area contributed by atoms with Gasteiger partial charge in [0.05, 0.1) is 17.6 Å². The first-order valence-electron chi connectivity index (χ1n) is 7.52. The van der Waals surface area contributed by atoms with Crippen molar-refractivity contribution in [3.05, 3.63) is 38.6 Å². The smallest absolute Gasteiger partial charge is 0.193 e. The molecule has 4 heteroatoms. The number of halogens is 1. The fourth-order valence-corrected chi connectivity index (χ4v) is 3.71. The molecule has 0 radical (unpaired) electrons. The van der Waals surface area contributed by atoms with Crippen LogP contribution in [0.4, 0.5) is 0 Å². The lowest BCUT2D eigenvalue weighted by molar-refractivity contribution is 0.415. The number of benzene rings is 1. The molecule has 0 unspecified atom stereocenters. The van der Waals surface area contributed by atoms with E-state index in [1.807, 2.05) is 6.92 Å². The summed E-state index contributed by atoms with van der Waals surface area (Å²) in [5, 5.41) is 1.14. The molecule has 2 aromatic rings. The van der Waals surface area contributed by atoms with Gasteiger partial charge in [0.15, 0.2) is 5.43 Å². The lowest BCUT2D eigenvalue weighted by atomic mass is 9.83. The average molecular weight is 306 g/mol. The highest BCUT2D eigenvalue weighted by Crippen LogP contribution is 2.34. The Morgan fingerprint density at radius 3 is 2.62 bits per heavy atom. The molecule has 1 saturated carbocycles. The number of aromatic nitrogens is 1. The van der Waals surface area contributed by atoms with Gasteiger partial charge >= 0.3 is 0 Å². The summed E-state index contributed by atoms with van der Waals surface area (Å²) in [6.45, 7) is 1.99. The zero-order chi connectivity index (χ0) is 15.0. The van der Waals surface area contributed by atoms with Gasteiger partial charge in [-0.2, -0.15) is 0 Å². The Morgan fingerprint density at radius 2 is 1.95 bits per heavy atom. The van der Waals surface area contributed by atoms with E-state index < -0.39 is 0 Å². The predicted octanol–water partition coefficient (Wildman–Crippen LogP) is 4.55. The number of methoxy groups -OCH3 is 1. The third-order valence-corrected chi connectivity index (χ3v) is 4.82. The van der Waals surface area contributed by atoms with Crippen molar-refractivity contribution in [1.82, 2.24) is 4.98 Å². The van der Waals surface area contributed by atoms with Crippen molar-refractivity contribution in [1.29, 1.82) is 0 Å². The van der Waals surface area contributed by atoms with Crippen LogP contribution in [0.1, 0.15) is 49.3 Å². The molecule has 1 aromatic carbocycles. The SMILES string of the molecule is COc1cc2[nH]c(C)c(C3CCCCC3)c(=O)c2cc1Cl. The number of aryl methyl sites for hydroxylation is 1. The van der Waals surface area contributed by atoms with Crippen LogP contribution in [-0.2, 0) is 0 Å². The maximum absolute atomic E-state index is 12.9. The lowest BCUT2D eigenvalue weighted by Crippen LogP contribution is -2.19. The Bertz CT molecular complexity index is 730. The number of hydrogen-bond acceptors (Lipinski definition) is 2. The van der Waals surface area contributed by atoms with E-state index in [0.717, 1.165) is 29.6 Å². The van der Waals surface area contributed by atoms with E-state index in [9.17, 15) is 4.79 Å². The minimum atomic E-state index is 0.123. The fraction of sp³-hybridized carbons (Fsp3) is 0.471. The van der Waals surface area contributed by atoms with Gasteiger partial charge in [-0.1, -0.05) is 30.9 Å². The molecule has 0 spiro atoms. The molecule has 1 aromatic heterocycles. The van der Waals surface area contributed by atoms with E-state index in [4.69, 9.17) is 16.3 Å². The van der Waals surface area contributed by atoms with Gasteiger partial charge in [0.1, 0.15) is 5.75 Å². The van der Waals surface area contributed by atoms with Crippen molar-refractivity contribution in [3.63, 3.8) is 0 Å². The molecular formula is C17H20ClNO2. The number of H-pyrrole nitrogens is 1. The van der Waals surface area contributed by atoms with E-state index in [1.165, 1.54) is 19.3 Å². The zero-order valence-corrected chi connectivity index (χ0v) is 13.2. The van der Waals surface area contributed by atoms with Crippen LogP contribution in [0.5, 0.6) is 5.75 Å². The molecule has 3 nitrogen and oxygen atoms in total. The van der Waals surface area contributed by atoms with Gasteiger partial charge in [0.25, 0.3) is 0 Å². The number of nitrogens with one attached hydrogen (secondary N) is 1. The molecule has 1 N–H and O–H groups in total. The lowest BCUT2D eigenvalue weighted by Gasteiger charge is -2.23. The summed E-state index contributed by atoms with van der Waals surface area (Å²) < 4.78 is 5.23. The Balaban J connectivity index is 2.20. The molecule has 0 bridgehead atoms. The Kier molecular flexibility index (Phi) is 3.94. The predicted molar refractivity (Wildman–Crippen MR) is 86.7 cm³/mol. The first-order valence-corrected chi connectivity index (χ1v) is 7.89. The highest BCUT2D eigenvalue weighted by molar-refractivity contribution is 6.32. The number of aromatic amines is 1. The summed E-state index contributed by atoms with van der Waals surface area (Å²) >= 11 is 6.18. The molecule has 1 fully saturated rings. The van der Waals surface area contributed by atoms with Crippen LogP contribution in [-0.4, -0.2) is 12.1 Å². The van der Waals surface area contributed by atoms with Gasteiger partial charge in [0.2, 0.25) is 0 Å². The van der Waals surface area contributed by atoms with E-state index in [0.29, 0.717) is 22.1 Å². The number of pyridine rings is 1. The summed E-state index contributed by atoms with van der Waals surface area (Å²) in [5.41, 5.74) is 2.84. The number of rotatable bonds is 2. The van der Waals surface area contributed by atoms with Crippen LogP contribution in [0.3, 0.4) is 0 Å². The highest BCUT2D eigenvalue weighted by Gasteiger charge is 2.22. The molecule has 0 aliphatic heterocycles. The Hall–Kier alpha value is -1.48. The second kappa shape index (κ2) is 5.72.